The van der Waals surface area contributed by atoms with Crippen LogP contribution in [0.2, 0.25) is 5.15 Å². The molecule has 1 aliphatic carbocycles. The van der Waals surface area contributed by atoms with E-state index in [2.05, 4.69) is 15.6 Å². The Labute approximate surface area is 99.4 Å². The summed E-state index contributed by atoms with van der Waals surface area (Å²) in [5, 5.41) is 6.04. The number of anilines is 1. The molecule has 0 atom stereocenters. The van der Waals surface area contributed by atoms with Crippen molar-refractivity contribution in [3.63, 3.8) is 0 Å². The Morgan fingerprint density at radius 3 is 2.88 bits per heavy atom. The summed E-state index contributed by atoms with van der Waals surface area (Å²) in [6.07, 6.45) is 6.11. The van der Waals surface area contributed by atoms with Gasteiger partial charge in [0.1, 0.15) is 5.15 Å². The summed E-state index contributed by atoms with van der Waals surface area (Å²) in [6.45, 7) is 0. The van der Waals surface area contributed by atoms with E-state index < -0.39 is 0 Å². The van der Waals surface area contributed by atoms with Gasteiger partial charge in [-0.05, 0) is 25.0 Å². The molecular formula is C11H14ClN3O. The topological polar surface area (TPSA) is 54.0 Å². The Hall–Kier alpha value is -1.29. The van der Waals surface area contributed by atoms with Crippen molar-refractivity contribution >= 4 is 23.3 Å². The summed E-state index contributed by atoms with van der Waals surface area (Å²) in [4.78, 5) is 15.4. The number of hydrogen-bond donors (Lipinski definition) is 2. The average molecular weight is 240 g/mol. The lowest BCUT2D eigenvalue weighted by molar-refractivity contribution is 0.248. The molecule has 1 aliphatic rings. The second-order valence-corrected chi connectivity index (χ2v) is 4.33. The Morgan fingerprint density at radius 1 is 1.44 bits per heavy atom. The van der Waals surface area contributed by atoms with Crippen LogP contribution in [-0.4, -0.2) is 17.1 Å². The van der Waals surface area contributed by atoms with E-state index in [1.165, 1.54) is 12.8 Å². The van der Waals surface area contributed by atoms with Gasteiger partial charge in [0.2, 0.25) is 0 Å². The molecule has 0 bridgehead atoms. The van der Waals surface area contributed by atoms with Gasteiger partial charge in [0, 0.05) is 17.9 Å². The summed E-state index contributed by atoms with van der Waals surface area (Å²) < 4.78 is 0. The minimum Gasteiger partial charge on any atom is -0.335 e. The number of amides is 2. The lowest BCUT2D eigenvalue weighted by Crippen LogP contribution is -2.36. The number of carbonyl (C=O) groups is 1. The van der Waals surface area contributed by atoms with Gasteiger partial charge in [-0.1, -0.05) is 24.4 Å². The normalized spacial score (nSPS) is 16.1. The molecule has 2 amide bonds. The van der Waals surface area contributed by atoms with Crippen LogP contribution in [0.1, 0.15) is 25.7 Å². The number of carbonyl (C=O) groups excluding carboxylic acids is 1. The van der Waals surface area contributed by atoms with Crippen LogP contribution in [0.25, 0.3) is 0 Å². The zero-order valence-corrected chi connectivity index (χ0v) is 9.63. The van der Waals surface area contributed by atoms with E-state index in [-0.39, 0.29) is 6.03 Å². The first-order valence-electron chi connectivity index (χ1n) is 5.43. The minimum atomic E-state index is -0.172. The Kier molecular flexibility index (Phi) is 3.62. The highest BCUT2D eigenvalue weighted by Crippen LogP contribution is 2.18. The number of urea groups is 1. The van der Waals surface area contributed by atoms with Crippen molar-refractivity contribution in [2.45, 2.75) is 31.7 Å². The van der Waals surface area contributed by atoms with E-state index in [0.717, 1.165) is 12.8 Å². The molecule has 1 saturated carbocycles. The van der Waals surface area contributed by atoms with Crippen molar-refractivity contribution in [2.75, 3.05) is 5.32 Å². The van der Waals surface area contributed by atoms with E-state index in [1.54, 1.807) is 18.3 Å². The fourth-order valence-electron chi connectivity index (χ4n) is 1.90. The second-order valence-electron chi connectivity index (χ2n) is 3.95. The molecule has 1 aromatic heterocycles. The van der Waals surface area contributed by atoms with Gasteiger partial charge >= 0.3 is 6.03 Å². The Morgan fingerprint density at radius 2 is 2.19 bits per heavy atom. The number of nitrogens with zero attached hydrogens (tertiary/aromatic N) is 1. The third-order valence-electron chi connectivity index (χ3n) is 2.67. The number of nitrogens with one attached hydrogen (secondary N) is 2. The first-order chi connectivity index (χ1) is 7.74. The molecule has 1 fully saturated rings. The molecule has 86 valence electrons. The molecule has 1 heterocycles. The molecule has 0 unspecified atom stereocenters. The zero-order valence-electron chi connectivity index (χ0n) is 8.87. The minimum absolute atomic E-state index is 0.172. The first kappa shape index (κ1) is 11.2. The van der Waals surface area contributed by atoms with Crippen LogP contribution in [0, 0.1) is 0 Å². The van der Waals surface area contributed by atoms with Crippen LogP contribution in [-0.2, 0) is 0 Å². The van der Waals surface area contributed by atoms with E-state index in [0.29, 0.717) is 16.9 Å². The van der Waals surface area contributed by atoms with Gasteiger partial charge in [-0.25, -0.2) is 9.78 Å². The predicted molar refractivity (Wildman–Crippen MR) is 63.7 cm³/mol. The van der Waals surface area contributed by atoms with E-state index >= 15 is 0 Å². The highest BCUT2D eigenvalue weighted by molar-refractivity contribution is 6.29. The van der Waals surface area contributed by atoms with Crippen LogP contribution in [0.4, 0.5) is 10.5 Å². The quantitative estimate of drug-likeness (QED) is 0.780. The fraction of sp³-hybridized carbons (Fsp3) is 0.455. The molecule has 16 heavy (non-hydrogen) atoms. The molecule has 0 saturated heterocycles. The molecular weight excluding hydrogens is 226 g/mol. The molecule has 0 aromatic carbocycles. The maximum absolute atomic E-state index is 11.6. The average Bonchev–Trinajstić information content (AvgIpc) is 2.70. The number of hydrogen-bond acceptors (Lipinski definition) is 2. The van der Waals surface area contributed by atoms with Crippen molar-refractivity contribution in [3.8, 4) is 0 Å². The maximum atomic E-state index is 11.6. The van der Waals surface area contributed by atoms with Crippen molar-refractivity contribution in [3.05, 3.63) is 23.5 Å². The molecule has 0 aliphatic heterocycles. The van der Waals surface area contributed by atoms with Gasteiger partial charge < -0.3 is 10.6 Å². The molecule has 0 radical (unpaired) electrons. The van der Waals surface area contributed by atoms with Crippen LogP contribution >= 0.6 is 11.6 Å². The second kappa shape index (κ2) is 5.16. The summed E-state index contributed by atoms with van der Waals surface area (Å²) in [5.74, 6) is 0. The summed E-state index contributed by atoms with van der Waals surface area (Å²) in [6, 6.07) is 3.47. The SMILES string of the molecule is O=C(Nc1ccnc(Cl)c1)NC1CCCC1. The monoisotopic (exact) mass is 239 g/mol. The van der Waals surface area contributed by atoms with Crippen molar-refractivity contribution in [1.82, 2.24) is 10.3 Å². The largest absolute Gasteiger partial charge is 0.335 e. The van der Waals surface area contributed by atoms with E-state index in [4.69, 9.17) is 11.6 Å². The van der Waals surface area contributed by atoms with Crippen molar-refractivity contribution in [1.29, 1.82) is 0 Å². The highest BCUT2D eigenvalue weighted by Gasteiger charge is 2.16. The van der Waals surface area contributed by atoms with Crippen molar-refractivity contribution in [2.24, 2.45) is 0 Å². The van der Waals surface area contributed by atoms with Gasteiger partial charge in [0.25, 0.3) is 0 Å². The van der Waals surface area contributed by atoms with Crippen LogP contribution < -0.4 is 10.6 Å². The summed E-state index contributed by atoms with van der Waals surface area (Å²) >= 11 is 5.72. The smallest absolute Gasteiger partial charge is 0.319 e. The third kappa shape index (κ3) is 3.10. The van der Waals surface area contributed by atoms with Gasteiger partial charge in [-0.15, -0.1) is 0 Å². The fourth-order valence-corrected chi connectivity index (χ4v) is 2.08. The third-order valence-corrected chi connectivity index (χ3v) is 2.88. The molecule has 0 spiro atoms. The van der Waals surface area contributed by atoms with E-state index in [9.17, 15) is 4.79 Å². The first-order valence-corrected chi connectivity index (χ1v) is 5.81. The number of aromatic nitrogens is 1. The summed E-state index contributed by atoms with van der Waals surface area (Å²) in [7, 11) is 0. The molecule has 1 aromatic rings. The standard InChI is InChI=1S/C11H14ClN3O/c12-10-7-9(5-6-13-10)15-11(16)14-8-3-1-2-4-8/h5-8H,1-4H2,(H2,13,14,15,16). The Balaban J connectivity index is 1.86. The highest BCUT2D eigenvalue weighted by atomic mass is 35.5. The van der Waals surface area contributed by atoms with Gasteiger partial charge in [-0.3, -0.25) is 0 Å². The van der Waals surface area contributed by atoms with Gasteiger partial charge in [-0.2, -0.15) is 0 Å². The molecule has 5 heteroatoms. The lowest BCUT2D eigenvalue weighted by Gasteiger charge is -2.12. The molecule has 2 N–H and O–H groups in total. The van der Waals surface area contributed by atoms with Gasteiger partial charge in [0.15, 0.2) is 0 Å². The molecule has 4 nitrogen and oxygen atoms in total. The molecule has 2 rings (SSSR count). The predicted octanol–water partition coefficient (Wildman–Crippen LogP) is 2.80. The number of pyridine rings is 1. The number of halogens is 1. The zero-order chi connectivity index (χ0) is 11.4. The van der Waals surface area contributed by atoms with E-state index in [1.807, 2.05) is 0 Å². The number of rotatable bonds is 2. The Bertz CT molecular complexity index is 377. The van der Waals surface area contributed by atoms with Crippen molar-refractivity contribution < 1.29 is 4.79 Å². The summed E-state index contributed by atoms with van der Waals surface area (Å²) in [5.41, 5.74) is 0.662. The van der Waals surface area contributed by atoms with Gasteiger partial charge in [0.05, 0.1) is 0 Å². The van der Waals surface area contributed by atoms with Crippen LogP contribution in [0.15, 0.2) is 18.3 Å². The maximum Gasteiger partial charge on any atom is 0.319 e. The lowest BCUT2D eigenvalue weighted by atomic mass is 10.2. The van der Waals surface area contributed by atoms with Crippen LogP contribution in [0.5, 0.6) is 0 Å². The van der Waals surface area contributed by atoms with Crippen LogP contribution in [0.3, 0.4) is 0 Å².